The minimum absolute atomic E-state index is 0.0198. The van der Waals surface area contributed by atoms with Crippen LogP contribution in [0.15, 0.2) is 30.3 Å². The van der Waals surface area contributed by atoms with Gasteiger partial charge in [-0.1, -0.05) is 32.0 Å². The summed E-state index contributed by atoms with van der Waals surface area (Å²) in [7, 11) is 0. The Morgan fingerprint density at radius 3 is 2.64 bits per heavy atom. The topological polar surface area (TPSA) is 63.2 Å². The van der Waals surface area contributed by atoms with Gasteiger partial charge in [-0.15, -0.1) is 0 Å². The van der Waals surface area contributed by atoms with Crippen LogP contribution in [-0.2, 0) is 24.0 Å². The van der Waals surface area contributed by atoms with Crippen LogP contribution in [0, 0.1) is 23.7 Å². The molecule has 8 atom stereocenters. The third kappa shape index (κ3) is 2.65. The van der Waals surface area contributed by atoms with E-state index < -0.39 is 24.0 Å². The highest BCUT2D eigenvalue weighted by Gasteiger charge is 2.69. The van der Waals surface area contributed by atoms with E-state index in [4.69, 9.17) is 24.0 Å². The van der Waals surface area contributed by atoms with Crippen LogP contribution in [0.5, 0.6) is 0 Å². The van der Waals surface area contributed by atoms with Gasteiger partial charge in [-0.05, 0) is 50.2 Å². The molecule has 0 amide bonds. The average molecular weight is 388 g/mol. The van der Waals surface area contributed by atoms with Crippen molar-refractivity contribution >= 4 is 5.97 Å². The van der Waals surface area contributed by atoms with Crippen LogP contribution in [0.25, 0.3) is 0 Å². The van der Waals surface area contributed by atoms with Gasteiger partial charge in [0.25, 0.3) is 0 Å². The lowest BCUT2D eigenvalue weighted by Gasteiger charge is -2.59. The Bertz CT molecular complexity index is 753. The third-order valence-corrected chi connectivity index (χ3v) is 7.33. The van der Waals surface area contributed by atoms with E-state index in [0.717, 1.165) is 25.7 Å². The number of carbonyl (C=O) groups excluding carboxylic acids is 1. The van der Waals surface area contributed by atoms with E-state index in [2.05, 4.69) is 13.8 Å². The summed E-state index contributed by atoms with van der Waals surface area (Å²) in [6, 6.07) is 9.01. The quantitative estimate of drug-likeness (QED) is 0.563. The second kappa shape index (κ2) is 6.52. The lowest BCUT2D eigenvalue weighted by molar-refractivity contribution is -0.576. The van der Waals surface area contributed by atoms with Crippen molar-refractivity contribution in [1.82, 2.24) is 0 Å². The van der Waals surface area contributed by atoms with Crippen molar-refractivity contribution < 1.29 is 28.8 Å². The highest BCUT2D eigenvalue weighted by atomic mass is 17.3. The zero-order chi connectivity index (χ0) is 19.5. The first-order chi connectivity index (χ1) is 13.4. The monoisotopic (exact) mass is 388 g/mol. The Labute approximate surface area is 165 Å². The standard InChI is InChI=1S/C22H28O6/c1-13-9-10-17-14(2)19(24-18(23)15-7-5-4-6-8-15)25-20-22(17)16(13)11-12-21(3,26-20)27-28-22/h4-8,13-14,16-17,19-20H,9-12H2,1-3H3/t13-,14-,16?,17?,19?,20?,21?,22-/m1/s1. The predicted molar refractivity (Wildman–Crippen MR) is 98.7 cm³/mol. The van der Waals surface area contributed by atoms with Crippen LogP contribution >= 0.6 is 0 Å². The molecule has 4 saturated heterocycles. The number of fused-ring (bicyclic) bond motifs is 2. The lowest BCUT2D eigenvalue weighted by Crippen LogP contribution is -2.70. The zero-order valence-electron chi connectivity index (χ0n) is 16.6. The minimum Gasteiger partial charge on any atom is -0.432 e. The molecule has 5 aliphatic rings. The molecule has 0 radical (unpaired) electrons. The SMILES string of the molecule is C[C@H]1C(OC(=O)c2ccccc2)OC2OC3(C)CCC4[C@H](C)CCC1[C@@]24OO3. The van der Waals surface area contributed by atoms with E-state index in [1.807, 2.05) is 25.1 Å². The molecule has 5 unspecified atom stereocenters. The Hall–Kier alpha value is -1.47. The second-order valence-electron chi connectivity index (χ2n) is 9.05. The van der Waals surface area contributed by atoms with Gasteiger partial charge in [0.1, 0.15) is 0 Å². The molecule has 28 heavy (non-hydrogen) atoms. The van der Waals surface area contributed by atoms with Gasteiger partial charge < -0.3 is 14.2 Å². The number of hydrogen-bond donors (Lipinski definition) is 0. The van der Waals surface area contributed by atoms with Crippen LogP contribution < -0.4 is 0 Å². The highest BCUT2D eigenvalue weighted by Crippen LogP contribution is 2.60. The summed E-state index contributed by atoms with van der Waals surface area (Å²) in [5.74, 6) is -0.278. The number of hydrogen-bond acceptors (Lipinski definition) is 6. The maximum Gasteiger partial charge on any atom is 0.340 e. The van der Waals surface area contributed by atoms with Crippen molar-refractivity contribution in [3.8, 4) is 0 Å². The Balaban J connectivity index is 1.46. The zero-order valence-corrected chi connectivity index (χ0v) is 16.6. The van der Waals surface area contributed by atoms with Gasteiger partial charge >= 0.3 is 5.97 Å². The number of benzene rings is 1. The maximum atomic E-state index is 12.6. The fourth-order valence-electron chi connectivity index (χ4n) is 5.75. The molecule has 2 bridgehead atoms. The minimum atomic E-state index is -0.827. The van der Waals surface area contributed by atoms with E-state index in [0.29, 0.717) is 17.4 Å². The third-order valence-electron chi connectivity index (χ3n) is 7.33. The van der Waals surface area contributed by atoms with Gasteiger partial charge in [0.15, 0.2) is 11.9 Å². The van der Waals surface area contributed by atoms with Crippen molar-refractivity contribution in [2.45, 2.75) is 70.4 Å². The van der Waals surface area contributed by atoms with Crippen LogP contribution in [0.3, 0.4) is 0 Å². The van der Waals surface area contributed by atoms with E-state index in [-0.39, 0.29) is 17.8 Å². The lowest BCUT2D eigenvalue weighted by atomic mass is 9.58. The van der Waals surface area contributed by atoms with E-state index in [1.165, 1.54) is 0 Å². The normalized spacial score (nSPS) is 47.1. The first kappa shape index (κ1) is 18.6. The first-order valence-electron chi connectivity index (χ1n) is 10.4. The van der Waals surface area contributed by atoms with Crippen molar-refractivity contribution in [2.75, 3.05) is 0 Å². The molecule has 1 aliphatic carbocycles. The number of carbonyl (C=O) groups is 1. The van der Waals surface area contributed by atoms with E-state index >= 15 is 0 Å². The Kier molecular flexibility index (Phi) is 4.32. The van der Waals surface area contributed by atoms with Gasteiger partial charge in [0.05, 0.1) is 5.56 Å². The second-order valence-corrected chi connectivity index (χ2v) is 9.05. The molecule has 5 fully saturated rings. The molecule has 152 valence electrons. The molecule has 4 aliphatic heterocycles. The number of rotatable bonds is 2. The molecule has 6 nitrogen and oxygen atoms in total. The molecule has 4 heterocycles. The maximum absolute atomic E-state index is 12.6. The van der Waals surface area contributed by atoms with Crippen LogP contribution in [-0.4, -0.2) is 29.9 Å². The van der Waals surface area contributed by atoms with Crippen LogP contribution in [0.4, 0.5) is 0 Å². The molecule has 1 saturated carbocycles. The molecule has 1 aromatic rings. The molecule has 6 heteroatoms. The molecule has 1 spiro atoms. The molecule has 0 N–H and O–H groups in total. The molecule has 1 aromatic carbocycles. The Morgan fingerprint density at radius 1 is 1.07 bits per heavy atom. The van der Waals surface area contributed by atoms with Crippen molar-refractivity contribution in [3.63, 3.8) is 0 Å². The summed E-state index contributed by atoms with van der Waals surface area (Å²) in [6.45, 7) is 6.25. The summed E-state index contributed by atoms with van der Waals surface area (Å²) >= 11 is 0. The molecule has 0 aromatic heterocycles. The summed E-state index contributed by atoms with van der Waals surface area (Å²) in [5, 5.41) is 0. The summed E-state index contributed by atoms with van der Waals surface area (Å²) in [6.07, 6.45) is 2.56. The highest BCUT2D eigenvalue weighted by molar-refractivity contribution is 5.89. The van der Waals surface area contributed by atoms with Crippen LogP contribution in [0.2, 0.25) is 0 Å². The van der Waals surface area contributed by atoms with Gasteiger partial charge in [0, 0.05) is 18.3 Å². The summed E-state index contributed by atoms with van der Waals surface area (Å²) < 4.78 is 18.4. The number of esters is 1. The Morgan fingerprint density at radius 2 is 1.86 bits per heavy atom. The van der Waals surface area contributed by atoms with Gasteiger partial charge in [-0.25, -0.2) is 14.6 Å². The average Bonchev–Trinajstić information content (AvgIpc) is 2.92. The van der Waals surface area contributed by atoms with Crippen LogP contribution in [0.1, 0.15) is 56.8 Å². The fourth-order valence-corrected chi connectivity index (χ4v) is 5.75. The number of ether oxygens (including phenoxy) is 3. The van der Waals surface area contributed by atoms with Crippen molar-refractivity contribution in [1.29, 1.82) is 0 Å². The van der Waals surface area contributed by atoms with Crippen molar-refractivity contribution in [3.05, 3.63) is 35.9 Å². The fraction of sp³-hybridized carbons (Fsp3) is 0.682. The largest absolute Gasteiger partial charge is 0.432 e. The van der Waals surface area contributed by atoms with Crippen molar-refractivity contribution in [2.24, 2.45) is 23.7 Å². The smallest absolute Gasteiger partial charge is 0.340 e. The van der Waals surface area contributed by atoms with Gasteiger partial charge in [0.2, 0.25) is 12.1 Å². The molecular weight excluding hydrogens is 360 g/mol. The van der Waals surface area contributed by atoms with E-state index in [9.17, 15) is 4.79 Å². The molecular formula is C22H28O6. The van der Waals surface area contributed by atoms with E-state index in [1.54, 1.807) is 12.1 Å². The summed E-state index contributed by atoms with van der Waals surface area (Å²) in [5.41, 5.74) is -0.119. The van der Waals surface area contributed by atoms with Gasteiger partial charge in [-0.2, -0.15) is 0 Å². The molecule has 6 rings (SSSR count). The predicted octanol–water partition coefficient (Wildman–Crippen LogP) is 4.05. The van der Waals surface area contributed by atoms with Gasteiger partial charge in [-0.3, -0.25) is 0 Å². The first-order valence-corrected chi connectivity index (χ1v) is 10.4. The summed E-state index contributed by atoms with van der Waals surface area (Å²) in [4.78, 5) is 24.5.